The number of carbonyl (C=O) groups excluding carboxylic acids is 2. The fourth-order valence-corrected chi connectivity index (χ4v) is 3.92. The molecule has 1 N–H and O–H groups in total. The number of H-pyrrole nitrogens is 1. The number of likely N-dealkylation sites (tertiary alicyclic amines) is 1. The van der Waals surface area contributed by atoms with Crippen LogP contribution in [0.15, 0.2) is 23.1 Å². The number of aromatic amines is 1. The van der Waals surface area contributed by atoms with Gasteiger partial charge in [-0.3, -0.25) is 19.1 Å². The van der Waals surface area contributed by atoms with Crippen LogP contribution in [0.5, 0.6) is 5.88 Å². The molecule has 0 aromatic carbocycles. The smallest absolute Gasteiger partial charge is 0.262 e. The van der Waals surface area contributed by atoms with Gasteiger partial charge in [0.05, 0.1) is 13.3 Å². The van der Waals surface area contributed by atoms with E-state index in [4.69, 9.17) is 4.74 Å². The first-order chi connectivity index (χ1) is 15.5. The normalized spacial score (nSPS) is 14.6. The van der Waals surface area contributed by atoms with Gasteiger partial charge in [0, 0.05) is 45.0 Å². The summed E-state index contributed by atoms with van der Waals surface area (Å²) in [6, 6.07) is 3.24. The number of carbonyl (C=O) groups is 2. The van der Waals surface area contributed by atoms with E-state index < -0.39 is 0 Å². The Balaban J connectivity index is 1.26. The van der Waals surface area contributed by atoms with E-state index in [1.165, 1.54) is 13.3 Å². The summed E-state index contributed by atoms with van der Waals surface area (Å²) in [4.78, 5) is 46.3. The molecule has 0 unspecified atom stereocenters. The van der Waals surface area contributed by atoms with E-state index in [9.17, 15) is 14.4 Å². The van der Waals surface area contributed by atoms with Gasteiger partial charge in [0.25, 0.3) is 5.56 Å². The number of fused-ring (bicyclic) bond motifs is 1. The maximum absolute atomic E-state index is 12.6. The maximum Gasteiger partial charge on any atom is 0.262 e. The lowest BCUT2D eigenvalue weighted by Crippen LogP contribution is -2.40. The maximum atomic E-state index is 12.6. The molecule has 1 saturated heterocycles. The van der Waals surface area contributed by atoms with Crippen molar-refractivity contribution in [1.82, 2.24) is 34.8 Å². The number of ketones is 1. The zero-order chi connectivity index (χ0) is 22.7. The quantitative estimate of drug-likeness (QED) is 0.536. The van der Waals surface area contributed by atoms with Gasteiger partial charge in [-0.2, -0.15) is 5.10 Å². The second kappa shape index (κ2) is 9.25. The van der Waals surface area contributed by atoms with Crippen LogP contribution in [0.3, 0.4) is 0 Å². The lowest BCUT2D eigenvalue weighted by Gasteiger charge is -2.31. The van der Waals surface area contributed by atoms with E-state index in [-0.39, 0.29) is 23.2 Å². The number of nitrogens with zero attached hydrogens (tertiary/aromatic N) is 6. The molecule has 11 heteroatoms. The number of hydrogen-bond donors (Lipinski definition) is 1. The van der Waals surface area contributed by atoms with Crippen LogP contribution in [0.1, 0.15) is 42.0 Å². The average Bonchev–Trinajstić information content (AvgIpc) is 3.20. The molecule has 0 spiro atoms. The SMILES string of the molecule is COc1ccc(C(=O)C2CCN(C(=O)CCCc3nc4c(cnn4C)c(=O)[nH]3)CC2)nn1. The number of nitrogens with one attached hydrogen (secondary N) is 1. The highest BCUT2D eigenvalue weighted by atomic mass is 16.5. The number of Topliss-reactive ketones (excluding diaryl/α,β-unsaturated/α-hetero) is 1. The zero-order valence-electron chi connectivity index (χ0n) is 18.1. The van der Waals surface area contributed by atoms with Gasteiger partial charge in [0.1, 0.15) is 16.9 Å². The van der Waals surface area contributed by atoms with E-state index in [2.05, 4.69) is 25.3 Å². The third-order valence-electron chi connectivity index (χ3n) is 5.78. The van der Waals surface area contributed by atoms with E-state index in [1.54, 1.807) is 28.8 Å². The first kappa shape index (κ1) is 21.6. The average molecular weight is 439 g/mol. The molecule has 1 fully saturated rings. The lowest BCUT2D eigenvalue weighted by molar-refractivity contribution is -0.132. The fraction of sp³-hybridized carbons (Fsp3) is 0.476. The highest BCUT2D eigenvalue weighted by molar-refractivity contribution is 5.96. The summed E-state index contributed by atoms with van der Waals surface area (Å²) in [5, 5.41) is 12.3. The molecule has 0 atom stereocenters. The minimum Gasteiger partial charge on any atom is -0.480 e. The van der Waals surface area contributed by atoms with Crippen molar-refractivity contribution < 1.29 is 14.3 Å². The molecule has 0 bridgehead atoms. The summed E-state index contributed by atoms with van der Waals surface area (Å²) in [5.41, 5.74) is 0.628. The highest BCUT2D eigenvalue weighted by Crippen LogP contribution is 2.22. The van der Waals surface area contributed by atoms with Gasteiger partial charge in [0.15, 0.2) is 11.4 Å². The molecule has 0 saturated carbocycles. The Labute approximate surface area is 183 Å². The summed E-state index contributed by atoms with van der Waals surface area (Å²) >= 11 is 0. The number of ether oxygens (including phenoxy) is 1. The number of amides is 1. The van der Waals surface area contributed by atoms with Crippen LogP contribution >= 0.6 is 0 Å². The van der Waals surface area contributed by atoms with Gasteiger partial charge < -0.3 is 14.6 Å². The molecule has 11 nitrogen and oxygen atoms in total. The zero-order valence-corrected chi connectivity index (χ0v) is 18.1. The summed E-state index contributed by atoms with van der Waals surface area (Å²) < 4.78 is 6.52. The summed E-state index contributed by atoms with van der Waals surface area (Å²) in [5.74, 6) is 0.740. The predicted molar refractivity (Wildman–Crippen MR) is 114 cm³/mol. The molecule has 0 aliphatic carbocycles. The molecule has 1 aliphatic heterocycles. The Kier molecular flexibility index (Phi) is 6.24. The van der Waals surface area contributed by atoms with Crippen molar-refractivity contribution in [3.8, 4) is 5.88 Å². The van der Waals surface area contributed by atoms with Crippen molar-refractivity contribution >= 4 is 22.7 Å². The lowest BCUT2D eigenvalue weighted by atomic mass is 9.90. The molecule has 1 amide bonds. The number of rotatable bonds is 7. The van der Waals surface area contributed by atoms with Crippen LogP contribution < -0.4 is 10.3 Å². The Hall–Kier alpha value is -3.63. The topological polar surface area (TPSA) is 136 Å². The van der Waals surface area contributed by atoms with Gasteiger partial charge in [-0.15, -0.1) is 10.2 Å². The molecular formula is C21H25N7O4. The third kappa shape index (κ3) is 4.51. The standard InChI is InChI=1S/C21H25N7O4/c1-27-20-14(12-22-27)21(31)24-16(23-20)4-3-5-18(29)28-10-8-13(9-11-28)19(30)15-6-7-17(32-2)26-25-15/h6-7,12-13H,3-5,8-11H2,1-2H3,(H,23,24,31). The first-order valence-corrected chi connectivity index (χ1v) is 10.6. The summed E-state index contributed by atoms with van der Waals surface area (Å²) in [6.07, 6.45) is 4.12. The van der Waals surface area contributed by atoms with Crippen LogP contribution in [0.2, 0.25) is 0 Å². The number of aryl methyl sites for hydroxylation is 2. The second-order valence-electron chi connectivity index (χ2n) is 7.85. The number of piperidine rings is 1. The Bertz CT molecular complexity index is 1180. The van der Waals surface area contributed by atoms with Crippen LogP contribution in [-0.4, -0.2) is 66.7 Å². The molecule has 3 aromatic heterocycles. The first-order valence-electron chi connectivity index (χ1n) is 10.6. The van der Waals surface area contributed by atoms with Gasteiger partial charge in [-0.1, -0.05) is 0 Å². The molecule has 168 valence electrons. The molecular weight excluding hydrogens is 414 g/mol. The van der Waals surface area contributed by atoms with E-state index >= 15 is 0 Å². The van der Waals surface area contributed by atoms with E-state index in [0.29, 0.717) is 73.6 Å². The Morgan fingerprint density at radius 1 is 1.22 bits per heavy atom. The van der Waals surface area contributed by atoms with Crippen LogP contribution in [0, 0.1) is 5.92 Å². The molecule has 3 aromatic rings. The monoisotopic (exact) mass is 439 g/mol. The second-order valence-corrected chi connectivity index (χ2v) is 7.85. The van der Waals surface area contributed by atoms with Crippen LogP contribution in [0.25, 0.3) is 11.0 Å². The van der Waals surface area contributed by atoms with Crippen molar-refractivity contribution in [2.45, 2.75) is 32.1 Å². The summed E-state index contributed by atoms with van der Waals surface area (Å²) in [6.45, 7) is 1.07. The van der Waals surface area contributed by atoms with Crippen molar-refractivity contribution in [3.05, 3.63) is 40.2 Å². The van der Waals surface area contributed by atoms with E-state index in [0.717, 1.165) is 0 Å². The molecule has 32 heavy (non-hydrogen) atoms. The molecule has 4 heterocycles. The van der Waals surface area contributed by atoms with Crippen LogP contribution in [-0.2, 0) is 18.3 Å². The minimum absolute atomic E-state index is 0.0455. The third-order valence-corrected chi connectivity index (χ3v) is 5.78. The van der Waals surface area contributed by atoms with Crippen LogP contribution in [0.4, 0.5) is 0 Å². The van der Waals surface area contributed by atoms with Crippen molar-refractivity contribution in [2.24, 2.45) is 13.0 Å². The minimum atomic E-state index is -0.224. The van der Waals surface area contributed by atoms with Gasteiger partial charge in [-0.05, 0) is 25.3 Å². The van der Waals surface area contributed by atoms with Crippen molar-refractivity contribution in [3.63, 3.8) is 0 Å². The van der Waals surface area contributed by atoms with Gasteiger partial charge in [-0.25, -0.2) is 4.98 Å². The molecule has 0 radical (unpaired) electrons. The van der Waals surface area contributed by atoms with E-state index in [1.807, 2.05) is 0 Å². The fourth-order valence-electron chi connectivity index (χ4n) is 3.92. The largest absolute Gasteiger partial charge is 0.480 e. The molecule has 1 aliphatic rings. The molecule has 4 rings (SSSR count). The predicted octanol–water partition coefficient (Wildman–Crippen LogP) is 0.899. The summed E-state index contributed by atoms with van der Waals surface area (Å²) in [7, 11) is 3.23. The Morgan fingerprint density at radius 3 is 2.69 bits per heavy atom. The Morgan fingerprint density at radius 2 is 2.00 bits per heavy atom. The highest BCUT2D eigenvalue weighted by Gasteiger charge is 2.28. The number of hydrogen-bond acceptors (Lipinski definition) is 8. The van der Waals surface area contributed by atoms with Crippen molar-refractivity contribution in [1.29, 1.82) is 0 Å². The van der Waals surface area contributed by atoms with Gasteiger partial charge in [0.2, 0.25) is 11.8 Å². The number of methoxy groups -OCH3 is 1. The van der Waals surface area contributed by atoms with Crippen molar-refractivity contribution in [2.75, 3.05) is 20.2 Å². The number of aromatic nitrogens is 6. The van der Waals surface area contributed by atoms with Gasteiger partial charge >= 0.3 is 0 Å².